The first-order valence-corrected chi connectivity index (χ1v) is 7.08. The van der Waals surface area contributed by atoms with Crippen LogP contribution in [-0.4, -0.2) is 29.4 Å². The second-order valence-corrected chi connectivity index (χ2v) is 4.92. The Balaban J connectivity index is 2.78. The number of nitrogens with two attached hydrogens (primary N) is 1. The third-order valence-corrected chi connectivity index (χ3v) is 2.96. The van der Waals surface area contributed by atoms with Crippen LogP contribution in [0.15, 0.2) is 30.3 Å². The number of carbonyl (C=O) groups excluding carboxylic acids is 1. The Hall–Kier alpha value is -1.07. The van der Waals surface area contributed by atoms with Gasteiger partial charge in [-0.3, -0.25) is 4.79 Å². The summed E-state index contributed by atoms with van der Waals surface area (Å²) in [5.41, 5.74) is 6.37. The molecule has 1 amide bonds. The van der Waals surface area contributed by atoms with Crippen molar-refractivity contribution in [3.05, 3.63) is 30.3 Å². The number of carbonyl (C=O) groups is 1. The average Bonchev–Trinajstić information content (AvgIpc) is 2.30. The van der Waals surface area contributed by atoms with E-state index in [0.717, 1.165) is 5.69 Å². The van der Waals surface area contributed by atoms with E-state index in [9.17, 15) is 4.79 Å². The molecule has 0 aliphatic heterocycles. The second-order valence-electron chi connectivity index (χ2n) is 3.53. The minimum Gasteiger partial charge on any atom is -0.393 e. The lowest BCUT2D eigenvalue weighted by Gasteiger charge is -2.22. The summed E-state index contributed by atoms with van der Waals surface area (Å²) in [5, 5.41) is 0. The summed E-state index contributed by atoms with van der Waals surface area (Å²) in [7, 11) is 0. The van der Waals surface area contributed by atoms with Crippen molar-refractivity contribution < 1.29 is 4.79 Å². The first-order chi connectivity index (χ1) is 8.15. The van der Waals surface area contributed by atoms with Crippen molar-refractivity contribution in [2.45, 2.75) is 6.42 Å². The molecule has 0 radical (unpaired) electrons. The van der Waals surface area contributed by atoms with Crippen LogP contribution in [0.25, 0.3) is 0 Å². The fraction of sp³-hybridized carbons (Fsp3) is 0.333. The lowest BCUT2D eigenvalue weighted by molar-refractivity contribution is -0.116. The van der Waals surface area contributed by atoms with Gasteiger partial charge in [-0.05, 0) is 18.4 Å². The molecule has 1 rings (SSSR count). The van der Waals surface area contributed by atoms with Crippen molar-refractivity contribution in [3.8, 4) is 0 Å². The van der Waals surface area contributed by atoms with Gasteiger partial charge < -0.3 is 10.6 Å². The summed E-state index contributed by atoms with van der Waals surface area (Å²) in [5.74, 6) is 0.548. The lowest BCUT2D eigenvalue weighted by Crippen LogP contribution is -2.35. The van der Waals surface area contributed by atoms with E-state index in [1.165, 1.54) is 11.8 Å². The predicted octanol–water partition coefficient (Wildman–Crippen LogP) is 2.06. The van der Waals surface area contributed by atoms with E-state index in [-0.39, 0.29) is 5.91 Å². The molecular weight excluding hydrogens is 252 g/mol. The molecular formula is C12H16N2OS2. The summed E-state index contributed by atoms with van der Waals surface area (Å²) in [6, 6.07) is 9.58. The quantitative estimate of drug-likeness (QED) is 0.802. The highest BCUT2D eigenvalue weighted by Crippen LogP contribution is 2.15. The molecule has 0 fully saturated rings. The smallest absolute Gasteiger partial charge is 0.236 e. The van der Waals surface area contributed by atoms with Crippen LogP contribution in [0, 0.1) is 0 Å². The highest BCUT2D eigenvalue weighted by Gasteiger charge is 2.14. The Morgan fingerprint density at radius 2 is 2.06 bits per heavy atom. The number of amides is 1. The number of thioether (sulfide) groups is 1. The van der Waals surface area contributed by atoms with Crippen molar-refractivity contribution in [2.24, 2.45) is 5.73 Å². The predicted molar refractivity (Wildman–Crippen MR) is 78.6 cm³/mol. The third-order valence-electron chi connectivity index (χ3n) is 2.22. The Labute approximate surface area is 111 Å². The van der Waals surface area contributed by atoms with E-state index in [0.29, 0.717) is 23.7 Å². The Morgan fingerprint density at radius 1 is 1.41 bits per heavy atom. The fourth-order valence-corrected chi connectivity index (χ4v) is 1.92. The van der Waals surface area contributed by atoms with Crippen molar-refractivity contribution in [3.63, 3.8) is 0 Å². The Kier molecular flexibility index (Phi) is 6.00. The molecule has 2 N–H and O–H groups in total. The number of benzene rings is 1. The van der Waals surface area contributed by atoms with Gasteiger partial charge in [-0.2, -0.15) is 11.8 Å². The van der Waals surface area contributed by atoms with Gasteiger partial charge >= 0.3 is 0 Å². The maximum Gasteiger partial charge on any atom is 0.236 e. The highest BCUT2D eigenvalue weighted by molar-refractivity contribution is 7.99. The maximum absolute atomic E-state index is 12.0. The minimum atomic E-state index is 0.0833. The van der Waals surface area contributed by atoms with Crippen molar-refractivity contribution in [2.75, 3.05) is 23.5 Å². The normalized spacial score (nSPS) is 9.94. The van der Waals surface area contributed by atoms with Gasteiger partial charge in [0.15, 0.2) is 0 Å². The van der Waals surface area contributed by atoms with E-state index >= 15 is 0 Å². The van der Waals surface area contributed by atoms with E-state index in [1.54, 1.807) is 4.90 Å². The zero-order valence-electron chi connectivity index (χ0n) is 9.76. The van der Waals surface area contributed by atoms with Gasteiger partial charge in [-0.1, -0.05) is 30.4 Å². The van der Waals surface area contributed by atoms with Gasteiger partial charge in [0.2, 0.25) is 5.91 Å². The highest BCUT2D eigenvalue weighted by atomic mass is 32.2. The van der Waals surface area contributed by atoms with Gasteiger partial charge in [0.05, 0.1) is 10.7 Å². The van der Waals surface area contributed by atoms with E-state index in [4.69, 9.17) is 18.0 Å². The number of thiocarbonyl (C=S) groups is 1. The van der Waals surface area contributed by atoms with Crippen LogP contribution < -0.4 is 10.6 Å². The molecule has 1 aromatic rings. The summed E-state index contributed by atoms with van der Waals surface area (Å²) in [6.07, 6.45) is 2.46. The van der Waals surface area contributed by atoms with Crippen molar-refractivity contribution >= 4 is 40.6 Å². The first-order valence-electron chi connectivity index (χ1n) is 5.28. The largest absolute Gasteiger partial charge is 0.393 e. The molecule has 0 saturated carbocycles. The standard InChI is InChI=1S/C12H16N2OS2/c1-17-9-12(15)14(8-7-11(13)16)10-5-3-2-4-6-10/h2-6H,7-9H2,1H3,(H2,13,16). The minimum absolute atomic E-state index is 0.0833. The molecule has 0 aliphatic carbocycles. The molecule has 1 aromatic carbocycles. The number of nitrogens with zero attached hydrogens (tertiary/aromatic N) is 1. The molecule has 0 aliphatic rings. The summed E-state index contributed by atoms with van der Waals surface area (Å²) >= 11 is 6.36. The SMILES string of the molecule is CSCC(=O)N(CCC(N)=S)c1ccccc1. The zero-order chi connectivity index (χ0) is 12.7. The van der Waals surface area contributed by atoms with E-state index in [1.807, 2.05) is 36.6 Å². The molecule has 0 unspecified atom stereocenters. The second kappa shape index (κ2) is 7.29. The fourth-order valence-electron chi connectivity index (χ4n) is 1.43. The van der Waals surface area contributed by atoms with Crippen molar-refractivity contribution in [1.29, 1.82) is 0 Å². The van der Waals surface area contributed by atoms with Crippen LogP contribution in [0.4, 0.5) is 5.69 Å². The Bertz CT molecular complexity index is 381. The number of hydrogen-bond donors (Lipinski definition) is 1. The van der Waals surface area contributed by atoms with Crippen LogP contribution >= 0.6 is 24.0 Å². The summed E-state index contributed by atoms with van der Waals surface area (Å²) in [4.78, 5) is 14.1. The molecule has 0 saturated heterocycles. The van der Waals surface area contributed by atoms with Gasteiger partial charge in [-0.25, -0.2) is 0 Å². The van der Waals surface area contributed by atoms with Gasteiger partial charge in [0.25, 0.3) is 0 Å². The van der Waals surface area contributed by atoms with E-state index in [2.05, 4.69) is 0 Å². The lowest BCUT2D eigenvalue weighted by atomic mass is 10.2. The molecule has 17 heavy (non-hydrogen) atoms. The first kappa shape index (κ1) is 14.0. The average molecular weight is 268 g/mol. The molecule has 92 valence electrons. The molecule has 0 atom stereocenters. The number of rotatable bonds is 6. The molecule has 3 nitrogen and oxygen atoms in total. The van der Waals surface area contributed by atoms with Gasteiger partial charge in [0.1, 0.15) is 0 Å². The Morgan fingerprint density at radius 3 is 2.59 bits per heavy atom. The maximum atomic E-state index is 12.0. The molecule has 0 spiro atoms. The molecule has 0 aromatic heterocycles. The van der Waals surface area contributed by atoms with Gasteiger partial charge in [-0.15, -0.1) is 0 Å². The number of para-hydroxylation sites is 1. The van der Waals surface area contributed by atoms with E-state index < -0.39 is 0 Å². The summed E-state index contributed by atoms with van der Waals surface area (Å²) in [6.45, 7) is 0.540. The zero-order valence-corrected chi connectivity index (χ0v) is 11.4. The monoisotopic (exact) mass is 268 g/mol. The van der Waals surface area contributed by atoms with Crippen LogP contribution in [0.2, 0.25) is 0 Å². The van der Waals surface area contributed by atoms with Crippen molar-refractivity contribution in [1.82, 2.24) is 0 Å². The molecule has 0 bridgehead atoms. The van der Waals surface area contributed by atoms with Crippen LogP contribution in [0.3, 0.4) is 0 Å². The summed E-state index contributed by atoms with van der Waals surface area (Å²) < 4.78 is 0. The van der Waals surface area contributed by atoms with Crippen LogP contribution in [-0.2, 0) is 4.79 Å². The van der Waals surface area contributed by atoms with Gasteiger partial charge in [0, 0.05) is 18.7 Å². The topological polar surface area (TPSA) is 46.3 Å². The molecule has 5 heteroatoms. The third kappa shape index (κ3) is 4.75. The van der Waals surface area contributed by atoms with Crippen LogP contribution in [0.5, 0.6) is 0 Å². The molecule has 0 heterocycles. The number of hydrogen-bond acceptors (Lipinski definition) is 3. The number of anilines is 1. The van der Waals surface area contributed by atoms with Crippen LogP contribution in [0.1, 0.15) is 6.42 Å².